The third-order valence-electron chi connectivity index (χ3n) is 3.03. The van der Waals surface area contributed by atoms with E-state index in [9.17, 15) is 9.18 Å². The summed E-state index contributed by atoms with van der Waals surface area (Å²) in [5.41, 5.74) is 1.44. The molecule has 2 aromatic rings. The van der Waals surface area contributed by atoms with Gasteiger partial charge in [-0.05, 0) is 42.3 Å². The van der Waals surface area contributed by atoms with E-state index in [1.54, 1.807) is 13.2 Å². The molecule has 0 aliphatic rings. The van der Waals surface area contributed by atoms with Crippen LogP contribution in [-0.2, 0) is 6.42 Å². The summed E-state index contributed by atoms with van der Waals surface area (Å²) in [6, 6.07) is 11.7. The molecule has 0 fully saturated rings. The van der Waals surface area contributed by atoms with Crippen LogP contribution < -0.4 is 4.74 Å². The van der Waals surface area contributed by atoms with E-state index in [4.69, 9.17) is 4.74 Å². The standard InChI is InChI=1S/C16H14BrFO2/c1-20-13-6-2-11(3-7-13)4-9-16(19)14-10-12(18)5-8-15(14)17/h2-3,5-8,10H,4,9H2,1H3. The molecule has 4 heteroatoms. The zero-order chi connectivity index (χ0) is 14.5. The van der Waals surface area contributed by atoms with E-state index in [1.807, 2.05) is 24.3 Å². The van der Waals surface area contributed by atoms with Gasteiger partial charge in [0.25, 0.3) is 0 Å². The predicted molar refractivity (Wildman–Crippen MR) is 79.7 cm³/mol. The van der Waals surface area contributed by atoms with E-state index >= 15 is 0 Å². The number of carbonyl (C=O) groups is 1. The molecule has 2 rings (SSSR count). The number of hydrogen-bond donors (Lipinski definition) is 0. The Morgan fingerprint density at radius 2 is 1.90 bits per heavy atom. The summed E-state index contributed by atoms with van der Waals surface area (Å²) in [7, 11) is 1.61. The number of benzene rings is 2. The second kappa shape index (κ2) is 6.66. The Morgan fingerprint density at radius 3 is 2.55 bits per heavy atom. The van der Waals surface area contributed by atoms with Crippen molar-refractivity contribution in [2.24, 2.45) is 0 Å². The van der Waals surface area contributed by atoms with Crippen molar-refractivity contribution in [3.05, 3.63) is 63.9 Å². The van der Waals surface area contributed by atoms with Crippen LogP contribution in [0.4, 0.5) is 4.39 Å². The van der Waals surface area contributed by atoms with Crippen molar-refractivity contribution >= 4 is 21.7 Å². The van der Waals surface area contributed by atoms with Crippen LogP contribution in [-0.4, -0.2) is 12.9 Å². The molecule has 0 aromatic heterocycles. The van der Waals surface area contributed by atoms with Crippen LogP contribution in [0.5, 0.6) is 5.75 Å². The SMILES string of the molecule is COc1ccc(CCC(=O)c2cc(F)ccc2Br)cc1. The van der Waals surface area contributed by atoms with Gasteiger partial charge >= 0.3 is 0 Å². The fourth-order valence-electron chi connectivity index (χ4n) is 1.90. The van der Waals surface area contributed by atoms with E-state index in [0.29, 0.717) is 22.9 Å². The van der Waals surface area contributed by atoms with E-state index in [-0.39, 0.29) is 5.78 Å². The molecule has 104 valence electrons. The van der Waals surface area contributed by atoms with E-state index < -0.39 is 5.82 Å². The Bertz CT molecular complexity index is 608. The maximum atomic E-state index is 13.2. The molecule has 20 heavy (non-hydrogen) atoms. The van der Waals surface area contributed by atoms with Gasteiger partial charge in [-0.15, -0.1) is 0 Å². The second-order valence-corrected chi connectivity index (χ2v) is 5.25. The molecule has 0 bridgehead atoms. The smallest absolute Gasteiger partial charge is 0.164 e. The van der Waals surface area contributed by atoms with Crippen LogP contribution in [0.3, 0.4) is 0 Å². The second-order valence-electron chi connectivity index (χ2n) is 4.40. The van der Waals surface area contributed by atoms with Gasteiger partial charge in [0, 0.05) is 16.5 Å². The Labute approximate surface area is 125 Å². The Hall–Kier alpha value is -1.68. The molecular weight excluding hydrogens is 323 g/mol. The first-order valence-corrected chi connectivity index (χ1v) is 7.00. The summed E-state index contributed by atoms with van der Waals surface area (Å²) in [4.78, 5) is 12.1. The highest BCUT2D eigenvalue weighted by molar-refractivity contribution is 9.10. The first-order chi connectivity index (χ1) is 9.60. The summed E-state index contributed by atoms with van der Waals surface area (Å²) in [5.74, 6) is 0.307. The number of ether oxygens (including phenoxy) is 1. The van der Waals surface area contributed by atoms with Crippen molar-refractivity contribution < 1.29 is 13.9 Å². The van der Waals surface area contributed by atoms with Gasteiger partial charge in [-0.25, -0.2) is 4.39 Å². The summed E-state index contributed by atoms with van der Waals surface area (Å²) >= 11 is 3.27. The molecule has 0 heterocycles. The first-order valence-electron chi connectivity index (χ1n) is 6.21. The normalized spacial score (nSPS) is 10.3. The van der Waals surface area contributed by atoms with Gasteiger partial charge in [-0.1, -0.05) is 28.1 Å². The van der Waals surface area contributed by atoms with E-state index in [0.717, 1.165) is 11.3 Å². The molecular formula is C16H14BrFO2. The van der Waals surface area contributed by atoms with Crippen LogP contribution >= 0.6 is 15.9 Å². The molecule has 0 spiro atoms. The van der Waals surface area contributed by atoms with Gasteiger partial charge < -0.3 is 4.74 Å². The fourth-order valence-corrected chi connectivity index (χ4v) is 2.36. The van der Waals surface area contributed by atoms with Crippen molar-refractivity contribution in [2.75, 3.05) is 7.11 Å². The van der Waals surface area contributed by atoms with Crippen molar-refractivity contribution in [3.8, 4) is 5.75 Å². The minimum atomic E-state index is -0.402. The minimum Gasteiger partial charge on any atom is -0.497 e. The number of hydrogen-bond acceptors (Lipinski definition) is 2. The Morgan fingerprint density at radius 1 is 1.20 bits per heavy atom. The van der Waals surface area contributed by atoms with Gasteiger partial charge in [-0.3, -0.25) is 4.79 Å². The van der Waals surface area contributed by atoms with Crippen molar-refractivity contribution in [1.82, 2.24) is 0 Å². The maximum absolute atomic E-state index is 13.2. The van der Waals surface area contributed by atoms with E-state index in [2.05, 4.69) is 15.9 Å². The van der Waals surface area contributed by atoms with Crippen molar-refractivity contribution in [2.45, 2.75) is 12.8 Å². The molecule has 0 unspecified atom stereocenters. The highest BCUT2D eigenvalue weighted by Crippen LogP contribution is 2.20. The highest BCUT2D eigenvalue weighted by atomic mass is 79.9. The minimum absolute atomic E-state index is 0.0767. The lowest BCUT2D eigenvalue weighted by molar-refractivity contribution is 0.0981. The summed E-state index contributed by atoms with van der Waals surface area (Å²) in [6.45, 7) is 0. The molecule has 0 aliphatic heterocycles. The van der Waals surface area contributed by atoms with E-state index in [1.165, 1.54) is 12.1 Å². The van der Waals surface area contributed by atoms with Crippen LogP contribution in [0.1, 0.15) is 22.3 Å². The molecule has 2 nitrogen and oxygen atoms in total. The lowest BCUT2D eigenvalue weighted by atomic mass is 10.0. The van der Waals surface area contributed by atoms with Crippen molar-refractivity contribution in [1.29, 1.82) is 0 Å². The largest absolute Gasteiger partial charge is 0.497 e. The molecule has 0 N–H and O–H groups in total. The number of ketones is 1. The predicted octanol–water partition coefficient (Wildman–Crippen LogP) is 4.41. The first kappa shape index (κ1) is 14.7. The van der Waals surface area contributed by atoms with Gasteiger partial charge in [-0.2, -0.15) is 0 Å². The van der Waals surface area contributed by atoms with Crippen LogP contribution in [0.15, 0.2) is 46.9 Å². The quantitative estimate of drug-likeness (QED) is 0.756. The maximum Gasteiger partial charge on any atom is 0.164 e. The van der Waals surface area contributed by atoms with Gasteiger partial charge in [0.2, 0.25) is 0 Å². The molecule has 0 atom stereocenters. The van der Waals surface area contributed by atoms with Crippen LogP contribution in [0.25, 0.3) is 0 Å². The number of rotatable bonds is 5. The van der Waals surface area contributed by atoms with Crippen LogP contribution in [0.2, 0.25) is 0 Å². The number of halogens is 2. The monoisotopic (exact) mass is 336 g/mol. The zero-order valence-corrected chi connectivity index (χ0v) is 12.6. The van der Waals surface area contributed by atoms with Crippen LogP contribution in [0, 0.1) is 5.82 Å². The lowest BCUT2D eigenvalue weighted by Gasteiger charge is -2.05. The Balaban J connectivity index is 2.02. The van der Waals surface area contributed by atoms with Gasteiger partial charge in [0.15, 0.2) is 5.78 Å². The number of Topliss-reactive ketones (excluding diaryl/α,β-unsaturated/α-hetero) is 1. The molecule has 0 saturated heterocycles. The van der Waals surface area contributed by atoms with Gasteiger partial charge in [0.05, 0.1) is 7.11 Å². The Kier molecular flexibility index (Phi) is 4.90. The molecule has 0 amide bonds. The average Bonchev–Trinajstić information content (AvgIpc) is 2.47. The highest BCUT2D eigenvalue weighted by Gasteiger charge is 2.11. The third kappa shape index (κ3) is 3.67. The van der Waals surface area contributed by atoms with Gasteiger partial charge in [0.1, 0.15) is 11.6 Å². The molecule has 0 saturated carbocycles. The topological polar surface area (TPSA) is 26.3 Å². The third-order valence-corrected chi connectivity index (χ3v) is 3.72. The summed E-state index contributed by atoms with van der Waals surface area (Å²) in [6.07, 6.45) is 0.958. The van der Waals surface area contributed by atoms with Crippen molar-refractivity contribution in [3.63, 3.8) is 0 Å². The summed E-state index contributed by atoms with van der Waals surface area (Å²) in [5, 5.41) is 0. The molecule has 2 aromatic carbocycles. The lowest BCUT2D eigenvalue weighted by Crippen LogP contribution is -2.03. The molecule has 0 aliphatic carbocycles. The number of methoxy groups -OCH3 is 1. The average molecular weight is 337 g/mol. The zero-order valence-electron chi connectivity index (χ0n) is 11.0. The molecule has 0 radical (unpaired) electrons. The fraction of sp³-hybridized carbons (Fsp3) is 0.188. The number of aryl methyl sites for hydroxylation is 1. The number of carbonyl (C=O) groups excluding carboxylic acids is 1. The summed E-state index contributed by atoms with van der Waals surface area (Å²) < 4.78 is 18.9.